The van der Waals surface area contributed by atoms with Crippen molar-refractivity contribution in [3.8, 4) is 0 Å². The van der Waals surface area contributed by atoms with Gasteiger partial charge in [-0.05, 0) is 30.4 Å². The lowest BCUT2D eigenvalue weighted by atomic mass is 9.91. The van der Waals surface area contributed by atoms with Gasteiger partial charge in [0.1, 0.15) is 0 Å². The van der Waals surface area contributed by atoms with E-state index >= 15 is 0 Å². The predicted molar refractivity (Wildman–Crippen MR) is 97.6 cm³/mol. The molecule has 0 amide bonds. The first-order valence-electron chi connectivity index (χ1n) is 9.27. The molecule has 1 saturated heterocycles. The average molecular weight is 355 g/mol. The minimum Gasteiger partial charge on any atom is -0.381 e. The van der Waals surface area contributed by atoms with Crippen LogP contribution in [0.2, 0.25) is 0 Å². The number of fused-ring (bicyclic) bond motifs is 1. The van der Waals surface area contributed by atoms with Crippen molar-refractivity contribution in [3.05, 3.63) is 41.7 Å². The molecular weight excluding hydrogens is 330 g/mol. The summed E-state index contributed by atoms with van der Waals surface area (Å²) in [6.07, 6.45) is 3.83. The summed E-state index contributed by atoms with van der Waals surface area (Å²) in [4.78, 5) is 4.64. The third-order valence-electron chi connectivity index (χ3n) is 5.01. The molecule has 7 nitrogen and oxygen atoms in total. The highest BCUT2D eigenvalue weighted by atomic mass is 16.5. The fraction of sp³-hybridized carbons (Fsp3) is 0.526. The van der Waals surface area contributed by atoms with Crippen molar-refractivity contribution >= 4 is 10.9 Å². The van der Waals surface area contributed by atoms with Gasteiger partial charge in [-0.25, -0.2) is 0 Å². The lowest BCUT2D eigenvalue weighted by molar-refractivity contribution is 0.0485. The van der Waals surface area contributed by atoms with Crippen molar-refractivity contribution in [1.82, 2.24) is 25.7 Å². The summed E-state index contributed by atoms with van der Waals surface area (Å²) < 4.78 is 11.1. The zero-order valence-electron chi connectivity index (χ0n) is 15.2. The number of H-pyrrole nitrogens is 1. The monoisotopic (exact) mass is 355 g/mol. The van der Waals surface area contributed by atoms with E-state index in [2.05, 4.69) is 57.7 Å². The smallest absolute Gasteiger partial charge is 0.244 e. The summed E-state index contributed by atoms with van der Waals surface area (Å²) in [5.41, 5.74) is 2.24. The van der Waals surface area contributed by atoms with Gasteiger partial charge in [-0.15, -0.1) is 0 Å². The Labute approximate surface area is 152 Å². The lowest BCUT2D eigenvalue weighted by Gasteiger charge is -2.28. The number of benzene rings is 1. The Bertz CT molecular complexity index is 850. The van der Waals surface area contributed by atoms with Crippen LogP contribution in [0.15, 0.2) is 28.9 Å². The van der Waals surface area contributed by atoms with Crippen LogP contribution in [-0.2, 0) is 11.3 Å². The molecule has 1 aromatic carbocycles. The van der Waals surface area contributed by atoms with Crippen molar-refractivity contribution in [2.45, 2.75) is 45.2 Å². The summed E-state index contributed by atoms with van der Waals surface area (Å²) in [6.45, 7) is 6.45. The van der Waals surface area contributed by atoms with Crippen LogP contribution in [0.25, 0.3) is 10.9 Å². The molecule has 26 heavy (non-hydrogen) atoms. The number of aromatic amines is 1. The number of nitrogens with zero attached hydrogens (tertiary/aromatic N) is 3. The molecule has 1 aliphatic heterocycles. The molecule has 1 aliphatic rings. The van der Waals surface area contributed by atoms with Gasteiger partial charge in [0, 0.05) is 31.1 Å². The third-order valence-corrected chi connectivity index (χ3v) is 5.01. The molecule has 3 heterocycles. The molecule has 0 aliphatic carbocycles. The predicted octanol–water partition coefficient (Wildman–Crippen LogP) is 3.33. The molecule has 1 fully saturated rings. The molecule has 138 valence electrons. The minimum atomic E-state index is 0.0383. The van der Waals surface area contributed by atoms with Gasteiger partial charge in [0.05, 0.1) is 17.8 Å². The quantitative estimate of drug-likeness (QED) is 0.705. The van der Waals surface area contributed by atoms with Crippen LogP contribution in [0.5, 0.6) is 0 Å². The highest BCUT2D eigenvalue weighted by molar-refractivity contribution is 5.78. The van der Waals surface area contributed by atoms with Gasteiger partial charge in [0.15, 0.2) is 5.82 Å². The van der Waals surface area contributed by atoms with Crippen molar-refractivity contribution in [2.75, 3.05) is 13.2 Å². The normalized spacial score (nSPS) is 17.2. The summed E-state index contributed by atoms with van der Waals surface area (Å²) >= 11 is 0. The number of aromatic nitrogens is 4. The number of rotatable bonds is 6. The van der Waals surface area contributed by atoms with E-state index in [-0.39, 0.29) is 12.0 Å². The molecular formula is C19H25N5O2. The van der Waals surface area contributed by atoms with E-state index < -0.39 is 0 Å². The Kier molecular flexibility index (Phi) is 4.99. The molecule has 0 bridgehead atoms. The Morgan fingerprint density at radius 3 is 2.88 bits per heavy atom. The minimum absolute atomic E-state index is 0.0383. The summed E-state index contributed by atoms with van der Waals surface area (Å²) in [6, 6.07) is 6.38. The Hall–Kier alpha value is -2.25. The first-order chi connectivity index (χ1) is 12.7. The standard InChI is InChI=1S/C19H25N5O2/c1-12(2)18-22-19(26-24-18)17(14-5-7-25-8-6-14)20-10-13-3-4-15-11-21-23-16(15)9-13/h3-4,9,11-12,14,17,20H,5-8,10H2,1-2H3,(H,21,23). The largest absolute Gasteiger partial charge is 0.381 e. The second-order valence-electron chi connectivity index (χ2n) is 7.25. The van der Waals surface area contributed by atoms with E-state index in [4.69, 9.17) is 9.26 Å². The fourth-order valence-electron chi connectivity index (χ4n) is 3.43. The van der Waals surface area contributed by atoms with E-state index in [1.165, 1.54) is 5.56 Å². The molecule has 3 aromatic rings. The molecule has 4 rings (SSSR count). The van der Waals surface area contributed by atoms with Gasteiger partial charge in [0.25, 0.3) is 0 Å². The van der Waals surface area contributed by atoms with Crippen LogP contribution in [0, 0.1) is 5.92 Å². The summed E-state index contributed by atoms with van der Waals surface area (Å²) in [5.74, 6) is 2.13. The second-order valence-corrected chi connectivity index (χ2v) is 7.25. The maximum atomic E-state index is 5.61. The van der Waals surface area contributed by atoms with Gasteiger partial charge in [-0.3, -0.25) is 5.10 Å². The average Bonchev–Trinajstić information content (AvgIpc) is 3.32. The molecule has 0 spiro atoms. The van der Waals surface area contributed by atoms with E-state index in [9.17, 15) is 0 Å². The summed E-state index contributed by atoms with van der Waals surface area (Å²) in [5, 5.41) is 16.0. The SMILES string of the molecule is CC(C)c1noc(C(NCc2ccc3cn[nH]c3c2)C2CCOCC2)n1. The topological polar surface area (TPSA) is 88.9 Å². The first kappa shape index (κ1) is 17.2. The summed E-state index contributed by atoms with van der Waals surface area (Å²) in [7, 11) is 0. The first-order valence-corrected chi connectivity index (χ1v) is 9.27. The Balaban J connectivity index is 1.53. The number of hydrogen-bond acceptors (Lipinski definition) is 6. The van der Waals surface area contributed by atoms with Gasteiger partial charge in [-0.2, -0.15) is 10.1 Å². The molecule has 1 atom stereocenters. The number of hydrogen-bond donors (Lipinski definition) is 2. The van der Waals surface area contributed by atoms with E-state index in [1.807, 2.05) is 6.20 Å². The van der Waals surface area contributed by atoms with Crippen LogP contribution in [0.1, 0.15) is 55.9 Å². The molecule has 0 saturated carbocycles. The van der Waals surface area contributed by atoms with Crippen molar-refractivity contribution in [3.63, 3.8) is 0 Å². The molecule has 7 heteroatoms. The van der Waals surface area contributed by atoms with Crippen LogP contribution in [0.3, 0.4) is 0 Å². The van der Waals surface area contributed by atoms with E-state index in [0.717, 1.165) is 49.3 Å². The number of nitrogens with one attached hydrogen (secondary N) is 2. The number of ether oxygens (including phenoxy) is 1. The van der Waals surface area contributed by atoms with Gasteiger partial charge < -0.3 is 14.6 Å². The van der Waals surface area contributed by atoms with Crippen LogP contribution < -0.4 is 5.32 Å². The Morgan fingerprint density at radius 2 is 2.12 bits per heavy atom. The van der Waals surface area contributed by atoms with Gasteiger partial charge >= 0.3 is 0 Å². The molecule has 2 N–H and O–H groups in total. The van der Waals surface area contributed by atoms with Gasteiger partial charge in [-0.1, -0.05) is 31.1 Å². The van der Waals surface area contributed by atoms with Gasteiger partial charge in [0.2, 0.25) is 5.89 Å². The van der Waals surface area contributed by atoms with E-state index in [1.54, 1.807) is 0 Å². The molecule has 0 radical (unpaired) electrons. The third kappa shape index (κ3) is 3.64. The molecule has 1 unspecified atom stereocenters. The highest BCUT2D eigenvalue weighted by Crippen LogP contribution is 2.30. The second kappa shape index (κ2) is 7.55. The zero-order chi connectivity index (χ0) is 17.9. The van der Waals surface area contributed by atoms with Crippen LogP contribution >= 0.6 is 0 Å². The highest BCUT2D eigenvalue weighted by Gasteiger charge is 2.30. The zero-order valence-corrected chi connectivity index (χ0v) is 15.2. The van der Waals surface area contributed by atoms with Crippen LogP contribution in [0.4, 0.5) is 0 Å². The lowest BCUT2D eigenvalue weighted by Crippen LogP contribution is -2.32. The van der Waals surface area contributed by atoms with E-state index in [0.29, 0.717) is 11.8 Å². The van der Waals surface area contributed by atoms with Crippen molar-refractivity contribution in [2.24, 2.45) is 5.92 Å². The maximum absolute atomic E-state index is 5.61. The van der Waals surface area contributed by atoms with Crippen molar-refractivity contribution in [1.29, 1.82) is 0 Å². The Morgan fingerprint density at radius 1 is 1.27 bits per heavy atom. The maximum Gasteiger partial charge on any atom is 0.244 e. The van der Waals surface area contributed by atoms with Crippen molar-refractivity contribution < 1.29 is 9.26 Å². The fourth-order valence-corrected chi connectivity index (χ4v) is 3.43. The molecule has 2 aromatic heterocycles. The van der Waals surface area contributed by atoms with Crippen LogP contribution in [-0.4, -0.2) is 33.6 Å².